The average molecular weight is 323 g/mol. The van der Waals surface area contributed by atoms with Crippen molar-refractivity contribution in [3.05, 3.63) is 46.5 Å². The first-order valence-electron chi connectivity index (χ1n) is 6.56. The minimum absolute atomic E-state index is 0.292. The van der Waals surface area contributed by atoms with E-state index in [1.807, 2.05) is 4.68 Å². The van der Waals surface area contributed by atoms with Crippen LogP contribution in [0, 0.1) is 0 Å². The van der Waals surface area contributed by atoms with Crippen LogP contribution in [0.3, 0.4) is 0 Å². The van der Waals surface area contributed by atoms with Gasteiger partial charge in [0.25, 0.3) is 0 Å². The molecule has 1 aromatic carbocycles. The van der Waals surface area contributed by atoms with Crippen LogP contribution in [0.1, 0.15) is 37.7 Å². The molecule has 0 aliphatic rings. The Hall–Kier alpha value is -1.20. The minimum Gasteiger partial charge on any atom is -0.303 e. The molecule has 0 bridgehead atoms. The SMILES string of the molecule is CCCn1ncnc1CN[C@@H](C)c1ccc(Br)cc1. The summed E-state index contributed by atoms with van der Waals surface area (Å²) in [6.45, 7) is 5.95. The minimum atomic E-state index is 0.292. The highest BCUT2D eigenvalue weighted by Crippen LogP contribution is 2.16. The molecule has 2 rings (SSSR count). The van der Waals surface area contributed by atoms with Crippen LogP contribution in [-0.4, -0.2) is 14.8 Å². The highest BCUT2D eigenvalue weighted by molar-refractivity contribution is 9.10. The number of benzene rings is 1. The topological polar surface area (TPSA) is 42.7 Å². The van der Waals surface area contributed by atoms with Gasteiger partial charge in [-0.25, -0.2) is 9.67 Å². The predicted octanol–water partition coefficient (Wildman–Crippen LogP) is 3.30. The Morgan fingerprint density at radius 3 is 2.74 bits per heavy atom. The summed E-state index contributed by atoms with van der Waals surface area (Å²) in [5.74, 6) is 0.991. The number of aromatic nitrogens is 3. The standard InChI is InChI=1S/C14H19BrN4/c1-3-8-19-14(17-10-18-19)9-16-11(2)12-4-6-13(15)7-5-12/h4-7,10-11,16H,3,8-9H2,1-2H3/t11-/m0/s1. The number of aryl methyl sites for hydroxylation is 1. The van der Waals surface area contributed by atoms with E-state index >= 15 is 0 Å². The summed E-state index contributed by atoms with van der Waals surface area (Å²) in [5, 5.41) is 7.71. The smallest absolute Gasteiger partial charge is 0.140 e. The quantitative estimate of drug-likeness (QED) is 0.887. The Balaban J connectivity index is 1.94. The Labute approximate surface area is 122 Å². The van der Waals surface area contributed by atoms with E-state index in [0.29, 0.717) is 6.04 Å². The molecule has 0 saturated carbocycles. The number of nitrogens with zero attached hydrogens (tertiary/aromatic N) is 3. The normalized spacial score (nSPS) is 12.6. The van der Waals surface area contributed by atoms with Gasteiger partial charge in [-0.1, -0.05) is 35.0 Å². The second kappa shape index (κ2) is 6.82. The predicted molar refractivity (Wildman–Crippen MR) is 79.7 cm³/mol. The zero-order valence-electron chi connectivity index (χ0n) is 11.3. The fourth-order valence-electron chi connectivity index (χ4n) is 1.94. The molecule has 102 valence electrons. The third-order valence-corrected chi connectivity index (χ3v) is 3.60. The molecule has 0 spiro atoms. The van der Waals surface area contributed by atoms with Crippen molar-refractivity contribution < 1.29 is 0 Å². The molecule has 1 heterocycles. The van der Waals surface area contributed by atoms with Crippen molar-refractivity contribution in [1.29, 1.82) is 0 Å². The lowest BCUT2D eigenvalue weighted by molar-refractivity contribution is 0.509. The molecule has 0 aliphatic carbocycles. The number of hydrogen-bond donors (Lipinski definition) is 1. The van der Waals surface area contributed by atoms with Crippen LogP contribution >= 0.6 is 15.9 Å². The maximum absolute atomic E-state index is 4.30. The van der Waals surface area contributed by atoms with Crippen LogP contribution in [0.15, 0.2) is 35.1 Å². The molecule has 1 aromatic heterocycles. The summed E-state index contributed by atoms with van der Waals surface area (Å²) in [6, 6.07) is 8.66. The van der Waals surface area contributed by atoms with E-state index in [2.05, 4.69) is 69.4 Å². The molecule has 0 radical (unpaired) electrons. The first-order valence-corrected chi connectivity index (χ1v) is 7.35. The van der Waals surface area contributed by atoms with Crippen LogP contribution in [-0.2, 0) is 13.1 Å². The van der Waals surface area contributed by atoms with Crippen molar-refractivity contribution in [2.75, 3.05) is 0 Å². The maximum atomic E-state index is 4.30. The summed E-state index contributed by atoms with van der Waals surface area (Å²) >= 11 is 3.45. The fourth-order valence-corrected chi connectivity index (χ4v) is 2.20. The molecule has 4 nitrogen and oxygen atoms in total. The van der Waals surface area contributed by atoms with Crippen molar-refractivity contribution in [2.45, 2.75) is 39.4 Å². The second-order valence-corrected chi connectivity index (χ2v) is 5.47. The molecule has 1 N–H and O–H groups in total. The molecule has 0 aliphatic heterocycles. The van der Waals surface area contributed by atoms with E-state index < -0.39 is 0 Å². The van der Waals surface area contributed by atoms with E-state index in [0.717, 1.165) is 29.8 Å². The molecule has 2 aromatic rings. The molecule has 1 atom stereocenters. The van der Waals surface area contributed by atoms with Gasteiger partial charge in [-0.05, 0) is 31.0 Å². The molecule has 0 fully saturated rings. The highest BCUT2D eigenvalue weighted by Gasteiger charge is 2.08. The van der Waals surface area contributed by atoms with Gasteiger partial charge in [0.1, 0.15) is 12.2 Å². The summed E-state index contributed by atoms with van der Waals surface area (Å²) in [4.78, 5) is 4.30. The largest absolute Gasteiger partial charge is 0.303 e. The molecule has 5 heteroatoms. The van der Waals surface area contributed by atoms with Gasteiger partial charge >= 0.3 is 0 Å². The molecule has 0 unspecified atom stereocenters. The third kappa shape index (κ3) is 3.88. The zero-order valence-corrected chi connectivity index (χ0v) is 12.9. The van der Waals surface area contributed by atoms with Gasteiger partial charge in [0, 0.05) is 17.1 Å². The van der Waals surface area contributed by atoms with Crippen LogP contribution in [0.25, 0.3) is 0 Å². The van der Waals surface area contributed by atoms with Gasteiger partial charge in [-0.3, -0.25) is 0 Å². The van der Waals surface area contributed by atoms with Gasteiger partial charge in [0.15, 0.2) is 0 Å². The lowest BCUT2D eigenvalue weighted by Crippen LogP contribution is -2.21. The van der Waals surface area contributed by atoms with E-state index in [-0.39, 0.29) is 0 Å². The van der Waals surface area contributed by atoms with E-state index in [4.69, 9.17) is 0 Å². The Kier molecular flexibility index (Phi) is 5.10. The van der Waals surface area contributed by atoms with Gasteiger partial charge in [0.2, 0.25) is 0 Å². The van der Waals surface area contributed by atoms with Crippen molar-refractivity contribution in [2.24, 2.45) is 0 Å². The van der Waals surface area contributed by atoms with Gasteiger partial charge < -0.3 is 5.32 Å². The number of nitrogens with one attached hydrogen (secondary N) is 1. The Morgan fingerprint density at radius 1 is 1.32 bits per heavy atom. The molecule has 0 saturated heterocycles. The second-order valence-electron chi connectivity index (χ2n) is 4.55. The highest BCUT2D eigenvalue weighted by atomic mass is 79.9. The first-order chi connectivity index (χ1) is 9.20. The van der Waals surface area contributed by atoms with Crippen molar-refractivity contribution in [3.8, 4) is 0 Å². The number of rotatable bonds is 6. The average Bonchev–Trinajstić information content (AvgIpc) is 2.85. The van der Waals surface area contributed by atoms with Crippen LogP contribution in [0.2, 0.25) is 0 Å². The van der Waals surface area contributed by atoms with Crippen LogP contribution in [0.5, 0.6) is 0 Å². The van der Waals surface area contributed by atoms with Gasteiger partial charge in [-0.2, -0.15) is 5.10 Å². The number of halogens is 1. The van der Waals surface area contributed by atoms with E-state index in [1.54, 1.807) is 6.33 Å². The lowest BCUT2D eigenvalue weighted by atomic mass is 10.1. The van der Waals surface area contributed by atoms with Crippen molar-refractivity contribution in [3.63, 3.8) is 0 Å². The summed E-state index contributed by atoms with van der Waals surface area (Å²) in [6.07, 6.45) is 2.69. The summed E-state index contributed by atoms with van der Waals surface area (Å²) < 4.78 is 3.06. The molecule has 0 amide bonds. The monoisotopic (exact) mass is 322 g/mol. The number of hydrogen-bond acceptors (Lipinski definition) is 3. The Bertz CT molecular complexity index is 506. The van der Waals surface area contributed by atoms with Crippen molar-refractivity contribution >= 4 is 15.9 Å². The van der Waals surface area contributed by atoms with Gasteiger partial charge in [-0.15, -0.1) is 0 Å². The maximum Gasteiger partial charge on any atom is 0.140 e. The Morgan fingerprint density at radius 2 is 2.05 bits per heavy atom. The molecule has 19 heavy (non-hydrogen) atoms. The molecular weight excluding hydrogens is 304 g/mol. The summed E-state index contributed by atoms with van der Waals surface area (Å²) in [7, 11) is 0. The zero-order chi connectivity index (χ0) is 13.7. The van der Waals surface area contributed by atoms with Crippen molar-refractivity contribution in [1.82, 2.24) is 20.1 Å². The van der Waals surface area contributed by atoms with Gasteiger partial charge in [0.05, 0.1) is 6.54 Å². The van der Waals surface area contributed by atoms with E-state index in [1.165, 1.54) is 5.56 Å². The summed E-state index contributed by atoms with van der Waals surface area (Å²) in [5.41, 5.74) is 1.27. The van der Waals surface area contributed by atoms with E-state index in [9.17, 15) is 0 Å². The van der Waals surface area contributed by atoms with Crippen LogP contribution in [0.4, 0.5) is 0 Å². The van der Waals surface area contributed by atoms with Crippen LogP contribution < -0.4 is 5.32 Å². The fraction of sp³-hybridized carbons (Fsp3) is 0.429. The first kappa shape index (κ1) is 14.2. The third-order valence-electron chi connectivity index (χ3n) is 3.07. The molecular formula is C14H19BrN4. The lowest BCUT2D eigenvalue weighted by Gasteiger charge is -2.14.